The zero-order valence-corrected chi connectivity index (χ0v) is 14.2. The lowest BCUT2D eigenvalue weighted by Gasteiger charge is -2.11. The van der Waals surface area contributed by atoms with Crippen LogP contribution in [0.5, 0.6) is 0 Å². The largest absolute Gasteiger partial charge is 0.434 e. The van der Waals surface area contributed by atoms with Gasteiger partial charge in [-0.1, -0.05) is 12.1 Å². The van der Waals surface area contributed by atoms with E-state index in [1.54, 1.807) is 25.2 Å². The molecule has 0 aliphatic heterocycles. The van der Waals surface area contributed by atoms with E-state index in [1.807, 2.05) is 6.07 Å². The molecule has 1 heterocycles. The van der Waals surface area contributed by atoms with Crippen LogP contribution in [0, 0.1) is 11.3 Å². The van der Waals surface area contributed by atoms with Crippen molar-refractivity contribution < 1.29 is 13.2 Å². The van der Waals surface area contributed by atoms with Crippen LogP contribution < -0.4 is 10.6 Å². The summed E-state index contributed by atoms with van der Waals surface area (Å²) in [7, 11) is 1.60. The van der Waals surface area contributed by atoms with E-state index >= 15 is 0 Å². The minimum absolute atomic E-state index is 0.366. The number of nitrogens with zero attached hydrogens (tertiary/aromatic N) is 3. The monoisotopic (exact) mass is 367 g/mol. The maximum atomic E-state index is 12.5. The lowest BCUT2D eigenvalue weighted by Crippen LogP contribution is -2.37. The minimum atomic E-state index is -4.41. The number of halogens is 3. The van der Waals surface area contributed by atoms with Crippen LogP contribution >= 0.6 is 11.3 Å². The predicted molar refractivity (Wildman–Crippen MR) is 90.2 cm³/mol. The van der Waals surface area contributed by atoms with Crippen molar-refractivity contribution in [3.8, 4) is 6.07 Å². The van der Waals surface area contributed by atoms with Gasteiger partial charge in [-0.2, -0.15) is 18.4 Å². The van der Waals surface area contributed by atoms with Crippen molar-refractivity contribution >= 4 is 17.3 Å². The van der Waals surface area contributed by atoms with Crippen molar-refractivity contribution in [1.29, 1.82) is 5.26 Å². The number of aliphatic imine (C=N–C) groups is 1. The Bertz CT molecular complexity index is 777. The van der Waals surface area contributed by atoms with Gasteiger partial charge in [-0.3, -0.25) is 4.99 Å². The summed E-state index contributed by atoms with van der Waals surface area (Å²) < 4.78 is 37.5. The molecular weight excluding hydrogens is 351 g/mol. The number of nitriles is 1. The van der Waals surface area contributed by atoms with Gasteiger partial charge in [-0.15, -0.1) is 11.3 Å². The first kappa shape index (κ1) is 18.7. The first-order valence-electron chi connectivity index (χ1n) is 7.37. The lowest BCUT2D eigenvalue weighted by atomic mass is 10.1. The Morgan fingerprint density at radius 1 is 1.36 bits per heavy atom. The Kier molecular flexibility index (Phi) is 6.36. The van der Waals surface area contributed by atoms with Gasteiger partial charge in [-0.25, -0.2) is 4.98 Å². The maximum absolute atomic E-state index is 12.5. The Morgan fingerprint density at radius 2 is 2.16 bits per heavy atom. The van der Waals surface area contributed by atoms with Crippen molar-refractivity contribution in [2.75, 3.05) is 13.6 Å². The van der Waals surface area contributed by atoms with E-state index in [0.717, 1.165) is 22.3 Å². The van der Waals surface area contributed by atoms with Crippen LogP contribution in [-0.4, -0.2) is 24.5 Å². The average Bonchev–Trinajstić information content (AvgIpc) is 3.07. The standard InChI is InChI=1S/C16H16F3N5S/c1-21-15(23-9-12-4-2-3-11(7-12)8-20)22-6-5-14-24-13(10-25-14)16(17,18)19/h2-4,7,10H,5-6,9H2,1H3,(H2,21,22,23). The zero-order chi connectivity index (χ0) is 18.3. The number of alkyl halides is 3. The van der Waals surface area contributed by atoms with Crippen molar-refractivity contribution in [3.63, 3.8) is 0 Å². The second-order valence-electron chi connectivity index (χ2n) is 5.04. The van der Waals surface area contributed by atoms with Gasteiger partial charge in [0.1, 0.15) is 0 Å². The van der Waals surface area contributed by atoms with Gasteiger partial charge in [0.2, 0.25) is 0 Å². The zero-order valence-electron chi connectivity index (χ0n) is 13.4. The molecule has 0 amide bonds. The Labute approximate surface area is 147 Å². The van der Waals surface area contributed by atoms with Crippen LogP contribution in [0.4, 0.5) is 13.2 Å². The smallest absolute Gasteiger partial charge is 0.356 e. The highest BCUT2D eigenvalue weighted by Gasteiger charge is 2.33. The van der Waals surface area contributed by atoms with Gasteiger partial charge >= 0.3 is 6.18 Å². The normalized spacial score (nSPS) is 11.9. The molecule has 0 saturated carbocycles. The molecule has 0 atom stereocenters. The summed E-state index contributed by atoms with van der Waals surface area (Å²) in [6.07, 6.45) is -4.04. The van der Waals surface area contributed by atoms with E-state index in [9.17, 15) is 13.2 Å². The van der Waals surface area contributed by atoms with Crippen molar-refractivity contribution in [1.82, 2.24) is 15.6 Å². The fourth-order valence-corrected chi connectivity index (χ4v) is 2.81. The molecule has 9 heteroatoms. The fourth-order valence-electron chi connectivity index (χ4n) is 2.00. The molecule has 0 spiro atoms. The van der Waals surface area contributed by atoms with Crippen LogP contribution in [0.25, 0.3) is 0 Å². The SMILES string of the molecule is CN=C(NCCc1nc(C(F)(F)F)cs1)NCc1cccc(C#N)c1. The topological polar surface area (TPSA) is 73.1 Å². The van der Waals surface area contributed by atoms with Gasteiger partial charge in [0.15, 0.2) is 11.7 Å². The highest BCUT2D eigenvalue weighted by molar-refractivity contribution is 7.09. The number of nitrogens with one attached hydrogen (secondary N) is 2. The van der Waals surface area contributed by atoms with E-state index in [0.29, 0.717) is 36.0 Å². The molecule has 132 valence electrons. The predicted octanol–water partition coefficient (Wildman–Crippen LogP) is 2.94. The van der Waals surface area contributed by atoms with E-state index in [-0.39, 0.29) is 0 Å². The Balaban J connectivity index is 1.80. The number of benzene rings is 1. The molecule has 2 N–H and O–H groups in total. The van der Waals surface area contributed by atoms with Gasteiger partial charge in [0.25, 0.3) is 0 Å². The summed E-state index contributed by atoms with van der Waals surface area (Å²) in [5.74, 6) is 0.523. The van der Waals surface area contributed by atoms with Crippen molar-refractivity contribution in [3.05, 3.63) is 51.5 Å². The summed E-state index contributed by atoms with van der Waals surface area (Å²) in [4.78, 5) is 7.63. The molecule has 0 bridgehead atoms. The van der Waals surface area contributed by atoms with E-state index in [1.165, 1.54) is 0 Å². The summed E-state index contributed by atoms with van der Waals surface area (Å²) in [5, 5.41) is 16.4. The molecule has 0 aliphatic carbocycles. The Morgan fingerprint density at radius 3 is 2.80 bits per heavy atom. The van der Waals surface area contributed by atoms with Gasteiger partial charge in [0, 0.05) is 31.9 Å². The van der Waals surface area contributed by atoms with Crippen molar-refractivity contribution in [2.45, 2.75) is 19.1 Å². The lowest BCUT2D eigenvalue weighted by molar-refractivity contribution is -0.140. The number of thiazole rings is 1. The summed E-state index contributed by atoms with van der Waals surface area (Å²) in [6.45, 7) is 0.882. The first-order chi connectivity index (χ1) is 11.9. The number of aromatic nitrogens is 1. The van der Waals surface area contributed by atoms with Crippen LogP contribution in [0.1, 0.15) is 21.8 Å². The molecule has 1 aromatic heterocycles. The number of hydrogen-bond acceptors (Lipinski definition) is 4. The van der Waals surface area contributed by atoms with Gasteiger partial charge in [-0.05, 0) is 17.7 Å². The molecule has 2 rings (SSSR count). The molecular formula is C16H16F3N5S. The van der Waals surface area contributed by atoms with E-state index in [4.69, 9.17) is 5.26 Å². The number of hydrogen-bond donors (Lipinski definition) is 2. The summed E-state index contributed by atoms with van der Waals surface area (Å²) >= 11 is 0.988. The van der Waals surface area contributed by atoms with Crippen molar-refractivity contribution in [2.24, 2.45) is 4.99 Å². The molecule has 1 aromatic carbocycles. The molecule has 25 heavy (non-hydrogen) atoms. The maximum Gasteiger partial charge on any atom is 0.434 e. The van der Waals surface area contributed by atoms with Gasteiger partial charge < -0.3 is 10.6 Å². The quantitative estimate of drug-likeness (QED) is 0.630. The summed E-state index contributed by atoms with van der Waals surface area (Å²) in [5.41, 5.74) is 0.649. The fraction of sp³-hybridized carbons (Fsp3) is 0.312. The second-order valence-corrected chi connectivity index (χ2v) is 5.98. The third-order valence-corrected chi connectivity index (χ3v) is 4.12. The van der Waals surface area contributed by atoms with Gasteiger partial charge in [0.05, 0.1) is 16.6 Å². The minimum Gasteiger partial charge on any atom is -0.356 e. The molecule has 0 saturated heterocycles. The molecule has 0 radical (unpaired) electrons. The third-order valence-electron chi connectivity index (χ3n) is 3.21. The Hall–Kier alpha value is -2.60. The highest BCUT2D eigenvalue weighted by Crippen LogP contribution is 2.29. The van der Waals surface area contributed by atoms with E-state index < -0.39 is 11.9 Å². The molecule has 0 aliphatic rings. The first-order valence-corrected chi connectivity index (χ1v) is 8.25. The van der Waals surface area contributed by atoms with Crippen LogP contribution in [0.2, 0.25) is 0 Å². The second kappa shape index (κ2) is 8.48. The van der Waals surface area contributed by atoms with Crippen LogP contribution in [-0.2, 0) is 19.1 Å². The highest BCUT2D eigenvalue weighted by atomic mass is 32.1. The summed E-state index contributed by atoms with van der Waals surface area (Å²) in [6, 6.07) is 9.25. The number of guanidine groups is 1. The molecule has 5 nitrogen and oxygen atoms in total. The van der Waals surface area contributed by atoms with E-state index in [2.05, 4.69) is 26.7 Å². The third kappa shape index (κ3) is 5.76. The molecule has 0 unspecified atom stereocenters. The average molecular weight is 367 g/mol. The van der Waals surface area contributed by atoms with Crippen LogP contribution in [0.3, 0.4) is 0 Å². The number of rotatable bonds is 5. The van der Waals surface area contributed by atoms with Crippen LogP contribution in [0.15, 0.2) is 34.6 Å². The molecule has 2 aromatic rings. The molecule has 0 fully saturated rings.